The smallest absolute Gasteiger partial charge is 0.316 e. The van der Waals surface area contributed by atoms with Crippen LogP contribution in [0.3, 0.4) is 0 Å². The Bertz CT molecular complexity index is 382. The van der Waals surface area contributed by atoms with Crippen molar-refractivity contribution in [2.45, 2.75) is 4.90 Å². The van der Waals surface area contributed by atoms with E-state index < -0.39 is 6.80 Å². The van der Waals surface area contributed by atoms with Gasteiger partial charge in [-0.15, -0.1) is 0 Å². The molecule has 0 aromatic heterocycles. The van der Waals surface area contributed by atoms with E-state index in [0.29, 0.717) is 11.4 Å². The van der Waals surface area contributed by atoms with Crippen molar-refractivity contribution < 1.29 is 14.4 Å². The summed E-state index contributed by atoms with van der Waals surface area (Å²) in [5.74, 6) is 0. The molecule has 1 rings (SSSR count). The van der Waals surface area contributed by atoms with Crippen molar-refractivity contribution in [3.05, 3.63) is 27.2 Å². The predicted molar refractivity (Wildman–Crippen MR) is 59.4 cm³/mol. The minimum atomic E-state index is -4.19. The van der Waals surface area contributed by atoms with Gasteiger partial charge in [0.2, 0.25) is 0 Å². The molecule has 0 aliphatic carbocycles. The molecule has 0 saturated heterocycles. The Balaban J connectivity index is 3.08. The van der Waals surface area contributed by atoms with Crippen molar-refractivity contribution in [3.8, 4) is 0 Å². The van der Waals surface area contributed by atoms with Gasteiger partial charge in [-0.25, -0.2) is 4.57 Å². The van der Waals surface area contributed by atoms with E-state index in [2.05, 4.69) is 0 Å². The van der Waals surface area contributed by atoms with E-state index in [9.17, 15) is 4.57 Å². The van der Waals surface area contributed by atoms with Crippen LogP contribution in [0.2, 0.25) is 15.1 Å². The highest BCUT2D eigenvalue weighted by Crippen LogP contribution is 2.55. The van der Waals surface area contributed by atoms with Gasteiger partial charge in [-0.05, 0) is 23.5 Å². The molecule has 0 bridgehead atoms. The lowest BCUT2D eigenvalue weighted by Crippen LogP contribution is -1.77. The minimum Gasteiger partial charge on any atom is -0.316 e. The largest absolute Gasteiger partial charge is 0.388 e. The molecule has 3 nitrogen and oxygen atoms in total. The maximum atomic E-state index is 10.6. The van der Waals surface area contributed by atoms with Crippen molar-refractivity contribution in [1.29, 1.82) is 0 Å². The third-order valence-corrected chi connectivity index (χ3v) is 4.41. The second-order valence-corrected chi connectivity index (χ2v) is 7.08. The summed E-state index contributed by atoms with van der Waals surface area (Å²) in [5, 5.41) is 0.494. The van der Waals surface area contributed by atoms with Gasteiger partial charge < -0.3 is 9.79 Å². The van der Waals surface area contributed by atoms with Crippen molar-refractivity contribution in [3.63, 3.8) is 0 Å². The molecular weight excluding hydrogens is 289 g/mol. The van der Waals surface area contributed by atoms with E-state index in [1.165, 1.54) is 12.1 Å². The Morgan fingerprint density at radius 2 is 1.57 bits per heavy atom. The zero-order chi connectivity index (χ0) is 10.9. The number of rotatable bonds is 2. The highest BCUT2D eigenvalue weighted by atomic mass is 35.5. The molecule has 1 aromatic rings. The van der Waals surface area contributed by atoms with Crippen molar-refractivity contribution >= 4 is 53.0 Å². The van der Waals surface area contributed by atoms with Crippen LogP contribution in [0.5, 0.6) is 0 Å². The predicted octanol–water partition coefficient (Wildman–Crippen LogP) is 3.83. The molecule has 0 amide bonds. The molecule has 0 heterocycles. The van der Waals surface area contributed by atoms with Crippen LogP contribution in [0, 0.1) is 0 Å². The van der Waals surface area contributed by atoms with Gasteiger partial charge in [0.05, 0.1) is 15.1 Å². The molecular formula is C6H4Cl3O3PS. The van der Waals surface area contributed by atoms with E-state index in [1.807, 2.05) is 0 Å². The van der Waals surface area contributed by atoms with Crippen LogP contribution in [-0.2, 0) is 4.57 Å². The Morgan fingerprint density at radius 3 is 1.93 bits per heavy atom. The van der Waals surface area contributed by atoms with E-state index in [0.717, 1.165) is 0 Å². The fourth-order valence-electron chi connectivity index (χ4n) is 0.722. The summed E-state index contributed by atoms with van der Waals surface area (Å²) in [7, 11) is 0. The molecule has 0 aliphatic rings. The van der Waals surface area contributed by atoms with Crippen LogP contribution in [-0.4, -0.2) is 9.79 Å². The molecule has 0 aliphatic heterocycles. The fourth-order valence-corrected chi connectivity index (χ4v) is 3.20. The highest BCUT2D eigenvalue weighted by Gasteiger charge is 2.17. The molecule has 0 atom stereocenters. The minimum absolute atomic E-state index is 0.162. The molecule has 0 spiro atoms. The summed E-state index contributed by atoms with van der Waals surface area (Å²) in [6, 6.07) is 2.69. The normalized spacial score (nSPS) is 11.8. The fraction of sp³-hybridized carbons (Fsp3) is 0. The second kappa shape index (κ2) is 4.62. The average molecular weight is 293 g/mol. The van der Waals surface area contributed by atoms with Gasteiger partial charge in [0.1, 0.15) is 0 Å². The Labute approximate surface area is 99.3 Å². The summed E-state index contributed by atoms with van der Waals surface area (Å²) >= 11 is 17.4. The van der Waals surface area contributed by atoms with Gasteiger partial charge in [-0.2, -0.15) is 0 Å². The average Bonchev–Trinajstić information content (AvgIpc) is 1.96. The molecule has 0 saturated carbocycles. The Hall–Kier alpha value is 0.590. The van der Waals surface area contributed by atoms with Gasteiger partial charge in [0.15, 0.2) is 0 Å². The summed E-state index contributed by atoms with van der Waals surface area (Å²) in [4.78, 5) is 17.6. The van der Waals surface area contributed by atoms with Crippen LogP contribution >= 0.6 is 53.0 Å². The van der Waals surface area contributed by atoms with E-state index in [1.54, 1.807) is 0 Å². The summed E-state index contributed by atoms with van der Waals surface area (Å²) < 4.78 is 10.6. The lowest BCUT2D eigenvalue weighted by molar-refractivity contribution is 0.397. The van der Waals surface area contributed by atoms with Crippen LogP contribution < -0.4 is 0 Å². The van der Waals surface area contributed by atoms with Gasteiger partial charge in [0, 0.05) is 4.90 Å². The van der Waals surface area contributed by atoms with E-state index in [4.69, 9.17) is 44.6 Å². The van der Waals surface area contributed by atoms with E-state index >= 15 is 0 Å². The van der Waals surface area contributed by atoms with Crippen LogP contribution in [0.15, 0.2) is 17.0 Å². The van der Waals surface area contributed by atoms with Gasteiger partial charge in [-0.1, -0.05) is 34.8 Å². The molecule has 1 aromatic carbocycles. The molecule has 14 heavy (non-hydrogen) atoms. The van der Waals surface area contributed by atoms with Gasteiger partial charge >= 0.3 is 6.80 Å². The summed E-state index contributed by atoms with van der Waals surface area (Å²) in [6.07, 6.45) is 0. The highest BCUT2D eigenvalue weighted by molar-refractivity contribution is 8.54. The molecule has 0 radical (unpaired) electrons. The molecule has 78 valence electrons. The Kier molecular flexibility index (Phi) is 4.18. The maximum absolute atomic E-state index is 10.6. The number of benzene rings is 1. The van der Waals surface area contributed by atoms with Crippen molar-refractivity contribution in [2.24, 2.45) is 0 Å². The zero-order valence-electron chi connectivity index (χ0n) is 6.45. The van der Waals surface area contributed by atoms with Gasteiger partial charge in [0.25, 0.3) is 0 Å². The van der Waals surface area contributed by atoms with Crippen LogP contribution in [0.1, 0.15) is 0 Å². The zero-order valence-corrected chi connectivity index (χ0v) is 10.4. The number of halogens is 3. The second-order valence-electron chi connectivity index (χ2n) is 2.28. The molecule has 0 fully saturated rings. The lowest BCUT2D eigenvalue weighted by atomic mass is 10.4. The van der Waals surface area contributed by atoms with Crippen molar-refractivity contribution in [1.82, 2.24) is 0 Å². The number of hydrogen-bond donors (Lipinski definition) is 2. The van der Waals surface area contributed by atoms with Gasteiger partial charge in [-0.3, -0.25) is 0 Å². The Morgan fingerprint density at radius 1 is 1.14 bits per heavy atom. The third kappa shape index (κ3) is 3.63. The van der Waals surface area contributed by atoms with Crippen LogP contribution in [0.4, 0.5) is 0 Å². The number of hydrogen-bond acceptors (Lipinski definition) is 2. The summed E-state index contributed by atoms with van der Waals surface area (Å²) in [5.41, 5.74) is 0. The first-order chi connectivity index (χ1) is 6.29. The molecule has 0 unspecified atom stereocenters. The molecule has 8 heteroatoms. The first-order valence-electron chi connectivity index (χ1n) is 3.19. The molecule has 2 N–H and O–H groups in total. The van der Waals surface area contributed by atoms with E-state index in [-0.39, 0.29) is 20.0 Å². The lowest BCUT2D eigenvalue weighted by Gasteiger charge is -2.05. The maximum Gasteiger partial charge on any atom is 0.388 e. The standard InChI is InChI=1S/C6H4Cl3O3PS/c7-4-1-3(14-13(10,11)12)2-5(8)6(4)9/h1-2H,(H2,10,11,12). The first kappa shape index (κ1) is 12.7. The quantitative estimate of drug-likeness (QED) is 0.642. The summed E-state index contributed by atoms with van der Waals surface area (Å²) in [6.45, 7) is -4.19. The monoisotopic (exact) mass is 292 g/mol. The topological polar surface area (TPSA) is 57.5 Å². The SMILES string of the molecule is O=P(O)(O)Sc1cc(Cl)c(Cl)c(Cl)c1. The van der Waals surface area contributed by atoms with Crippen LogP contribution in [0.25, 0.3) is 0 Å². The van der Waals surface area contributed by atoms with Crippen molar-refractivity contribution in [2.75, 3.05) is 0 Å². The third-order valence-electron chi connectivity index (χ3n) is 1.18. The first-order valence-corrected chi connectivity index (χ1v) is 7.36.